The summed E-state index contributed by atoms with van der Waals surface area (Å²) in [5.41, 5.74) is 0.823. The van der Waals surface area contributed by atoms with Crippen molar-refractivity contribution in [1.29, 1.82) is 0 Å². The maximum atomic E-state index is 11.6. The molecule has 0 aromatic heterocycles. The summed E-state index contributed by atoms with van der Waals surface area (Å²) in [6.07, 6.45) is 2.17. The number of rotatable bonds is 2. The van der Waals surface area contributed by atoms with Crippen LogP contribution in [0.2, 0.25) is 0 Å². The van der Waals surface area contributed by atoms with Crippen LogP contribution in [0.3, 0.4) is 0 Å². The molecule has 1 aromatic carbocycles. The van der Waals surface area contributed by atoms with Gasteiger partial charge in [-0.3, -0.25) is 0 Å². The normalized spacial score (nSPS) is 18.9. The number of hydrogen-bond donors (Lipinski definition) is 3. The van der Waals surface area contributed by atoms with Crippen molar-refractivity contribution in [1.82, 2.24) is 10.6 Å². The maximum absolute atomic E-state index is 11.6. The van der Waals surface area contributed by atoms with E-state index in [1.807, 2.05) is 30.3 Å². The van der Waals surface area contributed by atoms with Crippen LogP contribution in [-0.4, -0.2) is 25.2 Å². The summed E-state index contributed by atoms with van der Waals surface area (Å²) in [7, 11) is 0. The maximum Gasteiger partial charge on any atom is 0.319 e. The van der Waals surface area contributed by atoms with E-state index in [1.165, 1.54) is 0 Å². The minimum absolute atomic E-state index is 0. The number of carbonyl (C=O) groups is 1. The van der Waals surface area contributed by atoms with Crippen molar-refractivity contribution in [2.24, 2.45) is 0 Å². The summed E-state index contributed by atoms with van der Waals surface area (Å²) < 4.78 is 0. The van der Waals surface area contributed by atoms with Gasteiger partial charge in [0.15, 0.2) is 0 Å². The molecule has 1 atom stereocenters. The number of hydrogen-bond acceptors (Lipinski definition) is 2. The first-order chi connectivity index (χ1) is 7.84. The lowest BCUT2D eigenvalue weighted by atomic mass is 10.1. The van der Waals surface area contributed by atoms with Crippen LogP contribution in [-0.2, 0) is 0 Å². The zero-order valence-electron chi connectivity index (χ0n) is 9.61. The lowest BCUT2D eigenvalue weighted by Gasteiger charge is -2.23. The van der Waals surface area contributed by atoms with E-state index in [1.54, 1.807) is 0 Å². The van der Waals surface area contributed by atoms with E-state index >= 15 is 0 Å². The molecule has 1 heterocycles. The summed E-state index contributed by atoms with van der Waals surface area (Å²) in [5, 5.41) is 9.03. The van der Waals surface area contributed by atoms with Gasteiger partial charge in [0.2, 0.25) is 0 Å². The van der Waals surface area contributed by atoms with Gasteiger partial charge < -0.3 is 16.0 Å². The Hall–Kier alpha value is -1.26. The molecule has 2 amide bonds. The molecule has 0 aliphatic carbocycles. The first-order valence-electron chi connectivity index (χ1n) is 5.68. The topological polar surface area (TPSA) is 53.2 Å². The van der Waals surface area contributed by atoms with Gasteiger partial charge in [0.05, 0.1) is 0 Å². The van der Waals surface area contributed by atoms with E-state index < -0.39 is 0 Å². The van der Waals surface area contributed by atoms with Crippen LogP contribution in [0.1, 0.15) is 12.8 Å². The molecule has 0 radical (unpaired) electrons. The molecule has 3 N–H and O–H groups in total. The molecule has 4 nitrogen and oxygen atoms in total. The number of benzene rings is 1. The van der Waals surface area contributed by atoms with Crippen molar-refractivity contribution in [3.05, 3.63) is 30.3 Å². The van der Waals surface area contributed by atoms with Crippen molar-refractivity contribution >= 4 is 24.1 Å². The van der Waals surface area contributed by atoms with Gasteiger partial charge >= 0.3 is 6.03 Å². The fraction of sp³-hybridized carbons (Fsp3) is 0.417. The highest BCUT2D eigenvalue weighted by molar-refractivity contribution is 5.89. The first-order valence-corrected chi connectivity index (χ1v) is 5.68. The number of piperidine rings is 1. The Kier molecular flexibility index (Phi) is 5.80. The Morgan fingerprint density at radius 1 is 1.29 bits per heavy atom. The minimum atomic E-state index is -0.125. The van der Waals surface area contributed by atoms with Gasteiger partial charge in [-0.2, -0.15) is 0 Å². The summed E-state index contributed by atoms with van der Waals surface area (Å²) in [4.78, 5) is 11.6. The molecular formula is C12H18ClN3O. The standard InChI is InChI=1S/C12H17N3O.ClH/c16-12(14-10-5-2-1-3-6-10)15-11-7-4-8-13-9-11;/h1-3,5-6,11,13H,4,7-9H2,(H2,14,15,16);1H. The molecule has 2 rings (SSSR count). The van der Waals surface area contributed by atoms with Crippen molar-refractivity contribution in [2.45, 2.75) is 18.9 Å². The molecule has 0 bridgehead atoms. The average Bonchev–Trinajstić information content (AvgIpc) is 2.31. The number of carbonyl (C=O) groups excluding carboxylic acids is 1. The predicted octanol–water partition coefficient (Wildman–Crippen LogP) is 1.98. The van der Waals surface area contributed by atoms with E-state index in [0.29, 0.717) is 0 Å². The van der Waals surface area contributed by atoms with Crippen molar-refractivity contribution < 1.29 is 4.79 Å². The van der Waals surface area contributed by atoms with Crippen molar-refractivity contribution in [3.63, 3.8) is 0 Å². The van der Waals surface area contributed by atoms with Crippen LogP contribution in [0.4, 0.5) is 10.5 Å². The number of para-hydroxylation sites is 1. The van der Waals surface area contributed by atoms with E-state index in [9.17, 15) is 4.79 Å². The lowest BCUT2D eigenvalue weighted by molar-refractivity contribution is 0.245. The molecule has 1 fully saturated rings. The third kappa shape index (κ3) is 4.63. The zero-order valence-corrected chi connectivity index (χ0v) is 10.4. The second-order valence-corrected chi connectivity index (χ2v) is 4.01. The molecule has 1 unspecified atom stereocenters. The summed E-state index contributed by atoms with van der Waals surface area (Å²) in [6, 6.07) is 9.60. The third-order valence-electron chi connectivity index (χ3n) is 2.66. The van der Waals surface area contributed by atoms with Crippen molar-refractivity contribution in [3.8, 4) is 0 Å². The zero-order chi connectivity index (χ0) is 11.2. The quantitative estimate of drug-likeness (QED) is 0.757. The van der Waals surface area contributed by atoms with Gasteiger partial charge in [-0.25, -0.2) is 4.79 Å². The molecule has 94 valence electrons. The number of amides is 2. The summed E-state index contributed by atoms with van der Waals surface area (Å²) in [6.45, 7) is 1.92. The number of halogens is 1. The van der Waals surface area contributed by atoms with E-state index in [0.717, 1.165) is 31.6 Å². The largest absolute Gasteiger partial charge is 0.334 e. The van der Waals surface area contributed by atoms with Crippen LogP contribution in [0.5, 0.6) is 0 Å². The van der Waals surface area contributed by atoms with E-state index in [-0.39, 0.29) is 24.5 Å². The van der Waals surface area contributed by atoms with Crippen LogP contribution in [0.25, 0.3) is 0 Å². The highest BCUT2D eigenvalue weighted by Gasteiger charge is 2.14. The monoisotopic (exact) mass is 255 g/mol. The Morgan fingerprint density at radius 3 is 2.71 bits per heavy atom. The summed E-state index contributed by atoms with van der Waals surface area (Å²) >= 11 is 0. The number of anilines is 1. The molecule has 1 saturated heterocycles. The molecule has 17 heavy (non-hydrogen) atoms. The van der Waals surface area contributed by atoms with Crippen molar-refractivity contribution in [2.75, 3.05) is 18.4 Å². The molecule has 1 aromatic rings. The van der Waals surface area contributed by atoms with E-state index in [4.69, 9.17) is 0 Å². The number of urea groups is 1. The van der Waals surface area contributed by atoms with Gasteiger partial charge in [-0.15, -0.1) is 12.4 Å². The first kappa shape index (κ1) is 13.8. The fourth-order valence-electron chi connectivity index (χ4n) is 1.85. The number of nitrogens with one attached hydrogen (secondary N) is 3. The average molecular weight is 256 g/mol. The molecule has 1 aliphatic heterocycles. The molecule has 5 heteroatoms. The second kappa shape index (κ2) is 7.14. The minimum Gasteiger partial charge on any atom is -0.334 e. The molecular weight excluding hydrogens is 238 g/mol. The Labute approximate surface area is 108 Å². The van der Waals surface area contributed by atoms with Gasteiger partial charge in [0.25, 0.3) is 0 Å². The smallest absolute Gasteiger partial charge is 0.319 e. The van der Waals surface area contributed by atoms with Crippen LogP contribution in [0, 0.1) is 0 Å². The lowest BCUT2D eigenvalue weighted by Crippen LogP contribution is -2.47. The Bertz CT molecular complexity index is 339. The van der Waals surface area contributed by atoms with Crippen LogP contribution < -0.4 is 16.0 Å². The third-order valence-corrected chi connectivity index (χ3v) is 2.66. The van der Waals surface area contributed by atoms with Crippen LogP contribution in [0.15, 0.2) is 30.3 Å². The Morgan fingerprint density at radius 2 is 2.06 bits per heavy atom. The Balaban J connectivity index is 0.00000144. The van der Waals surface area contributed by atoms with Gasteiger partial charge in [-0.05, 0) is 31.5 Å². The SMILES string of the molecule is Cl.O=C(Nc1ccccc1)NC1CCCNC1. The second-order valence-electron chi connectivity index (χ2n) is 4.01. The summed E-state index contributed by atoms with van der Waals surface area (Å²) in [5.74, 6) is 0. The van der Waals surface area contributed by atoms with Crippen LogP contribution >= 0.6 is 12.4 Å². The molecule has 1 aliphatic rings. The molecule has 0 saturated carbocycles. The van der Waals surface area contributed by atoms with Gasteiger partial charge in [0.1, 0.15) is 0 Å². The van der Waals surface area contributed by atoms with Gasteiger partial charge in [0, 0.05) is 18.3 Å². The van der Waals surface area contributed by atoms with E-state index in [2.05, 4.69) is 16.0 Å². The fourth-order valence-corrected chi connectivity index (χ4v) is 1.85. The predicted molar refractivity (Wildman–Crippen MR) is 71.7 cm³/mol. The molecule has 0 spiro atoms. The highest BCUT2D eigenvalue weighted by atomic mass is 35.5. The van der Waals surface area contributed by atoms with Gasteiger partial charge in [-0.1, -0.05) is 18.2 Å². The highest BCUT2D eigenvalue weighted by Crippen LogP contribution is 2.05.